The van der Waals surface area contributed by atoms with Gasteiger partial charge in [0.25, 0.3) is 0 Å². The Bertz CT molecular complexity index is 820. The van der Waals surface area contributed by atoms with E-state index in [1.165, 1.54) is 250 Å². The third kappa shape index (κ3) is 19.8. The van der Waals surface area contributed by atoms with Crippen LogP contribution in [0.1, 0.15) is 277 Å². The number of hydrogen-bond donors (Lipinski definition) is 0. The van der Waals surface area contributed by atoms with Gasteiger partial charge in [-0.2, -0.15) is 0 Å². The maximum Gasteiger partial charge on any atom is 0.306 e. The van der Waals surface area contributed by atoms with Crippen molar-refractivity contribution < 1.29 is 9.53 Å². The van der Waals surface area contributed by atoms with Crippen LogP contribution in [-0.2, 0) is 9.53 Å². The van der Waals surface area contributed by atoms with E-state index in [2.05, 4.69) is 26.0 Å². The van der Waals surface area contributed by atoms with E-state index in [0.717, 1.165) is 6.42 Å². The van der Waals surface area contributed by atoms with E-state index >= 15 is 0 Å². The predicted octanol–water partition coefficient (Wildman–Crippen LogP) is 17.4. The molecule has 0 aromatic rings. The first-order valence-electron chi connectivity index (χ1n) is 25.0. The molecule has 0 spiro atoms. The van der Waals surface area contributed by atoms with Gasteiger partial charge in [0.2, 0.25) is 0 Å². The van der Waals surface area contributed by atoms with Crippen molar-refractivity contribution in [3.63, 3.8) is 0 Å². The summed E-state index contributed by atoms with van der Waals surface area (Å²) in [5, 5.41) is 0. The molecule has 0 aromatic carbocycles. The summed E-state index contributed by atoms with van der Waals surface area (Å²) < 4.78 is 7.47. The molecule has 2 nitrogen and oxygen atoms in total. The highest BCUT2D eigenvalue weighted by atomic mass is 16.6. The summed E-state index contributed by atoms with van der Waals surface area (Å²) in [4.78, 5) is 14.4. The zero-order valence-electron chi connectivity index (χ0n) is 36.3. The van der Waals surface area contributed by atoms with Crippen molar-refractivity contribution in [3.05, 3.63) is 12.2 Å². The van der Waals surface area contributed by atoms with Crippen LogP contribution in [0.4, 0.5) is 0 Å². The second kappa shape index (κ2) is 31.3. The molecule has 0 aliphatic heterocycles. The normalized spacial score (nSPS) is 21.6. The van der Waals surface area contributed by atoms with E-state index in [0.29, 0.717) is 30.1 Å². The second-order valence-corrected chi connectivity index (χ2v) is 18.8. The Balaban J connectivity index is 1.70. The Hall–Kier alpha value is -0.790. The van der Waals surface area contributed by atoms with Crippen LogP contribution in [0.15, 0.2) is 12.2 Å². The molecular weight excluding hydrogens is 645 g/mol. The fourth-order valence-electron chi connectivity index (χ4n) is 11.2. The lowest BCUT2D eigenvalue weighted by Crippen LogP contribution is -2.56. The number of carbonyl (C=O) groups excluding carboxylic acids is 1. The molecule has 3 rings (SSSR count). The quantitative estimate of drug-likeness (QED) is 0.0706. The van der Waals surface area contributed by atoms with Gasteiger partial charge in [-0.3, -0.25) is 4.79 Å². The van der Waals surface area contributed by atoms with Crippen LogP contribution in [0.25, 0.3) is 0 Å². The van der Waals surface area contributed by atoms with Crippen LogP contribution in [0.2, 0.25) is 0 Å². The van der Waals surface area contributed by atoms with E-state index in [1.807, 2.05) is 0 Å². The molecule has 0 saturated heterocycles. The Morgan fingerprint density at radius 3 is 1.25 bits per heavy atom. The number of hydrogen-bond acceptors (Lipinski definition) is 2. The van der Waals surface area contributed by atoms with Crippen molar-refractivity contribution in [3.8, 4) is 0 Å². The fraction of sp³-hybridized carbons (Fsp3) is 0.941. The monoisotopic (exact) mass is 739 g/mol. The highest BCUT2D eigenvalue weighted by Crippen LogP contribution is 2.51. The van der Waals surface area contributed by atoms with E-state index in [9.17, 15) is 4.79 Å². The Labute approximate surface area is 333 Å². The predicted molar refractivity (Wildman–Crippen MR) is 233 cm³/mol. The average molecular weight is 739 g/mol. The number of ether oxygens (including phenoxy) is 1. The molecule has 3 fully saturated rings. The minimum absolute atomic E-state index is 0.170. The first kappa shape index (κ1) is 46.6. The van der Waals surface area contributed by atoms with Crippen molar-refractivity contribution in [1.29, 1.82) is 0 Å². The molecule has 0 heterocycles. The molecule has 0 amide bonds. The van der Waals surface area contributed by atoms with Crippen LogP contribution in [-0.4, -0.2) is 11.6 Å². The van der Waals surface area contributed by atoms with Gasteiger partial charge in [-0.05, 0) is 81.5 Å². The lowest BCUT2D eigenvalue weighted by atomic mass is 9.59. The zero-order chi connectivity index (χ0) is 37.5. The molecular formula is C51H94O2. The average Bonchev–Trinajstić information content (AvgIpc) is 3.18. The van der Waals surface area contributed by atoms with Crippen LogP contribution >= 0.6 is 0 Å². The fourth-order valence-corrected chi connectivity index (χ4v) is 11.2. The number of esters is 1. The van der Waals surface area contributed by atoms with Gasteiger partial charge in [-0.25, -0.2) is 0 Å². The van der Waals surface area contributed by atoms with Gasteiger partial charge in [-0.15, -0.1) is 0 Å². The molecule has 0 N–H and O–H groups in total. The van der Waals surface area contributed by atoms with Gasteiger partial charge < -0.3 is 4.74 Å². The summed E-state index contributed by atoms with van der Waals surface area (Å²) in [5.74, 6) is 2.42. The number of unbranched alkanes of at least 4 members (excludes halogenated alkanes) is 11. The first-order valence-corrected chi connectivity index (χ1v) is 25.0. The van der Waals surface area contributed by atoms with Crippen molar-refractivity contribution in [2.24, 2.45) is 23.7 Å². The SMILES string of the molecule is CCCCCCCC/C=C\CCCCCCCC(=O)OC(C1CCCCCCCCC1)(C1CCCCCCCCC1)C(C)C1CCCCCCCCC1. The minimum Gasteiger partial charge on any atom is -0.458 e. The first-order chi connectivity index (χ1) is 26.2. The lowest BCUT2D eigenvalue weighted by Gasteiger charge is -2.52. The summed E-state index contributed by atoms with van der Waals surface area (Å²) >= 11 is 0. The summed E-state index contributed by atoms with van der Waals surface area (Å²) in [6.07, 6.45) is 59.3. The highest BCUT2D eigenvalue weighted by molar-refractivity contribution is 5.70. The molecule has 0 aromatic heterocycles. The van der Waals surface area contributed by atoms with Crippen molar-refractivity contribution >= 4 is 5.97 Å². The van der Waals surface area contributed by atoms with Crippen LogP contribution in [0.5, 0.6) is 0 Å². The van der Waals surface area contributed by atoms with Gasteiger partial charge in [0.15, 0.2) is 0 Å². The van der Waals surface area contributed by atoms with Gasteiger partial charge in [0, 0.05) is 6.42 Å². The maximum absolute atomic E-state index is 14.4. The third-order valence-electron chi connectivity index (χ3n) is 14.5. The minimum atomic E-state index is -0.272. The maximum atomic E-state index is 14.4. The Morgan fingerprint density at radius 1 is 0.491 bits per heavy atom. The third-order valence-corrected chi connectivity index (χ3v) is 14.5. The molecule has 3 saturated carbocycles. The molecule has 0 radical (unpaired) electrons. The number of allylic oxidation sites excluding steroid dienone is 2. The molecule has 3 aliphatic rings. The topological polar surface area (TPSA) is 26.3 Å². The number of rotatable bonds is 20. The molecule has 1 unspecified atom stereocenters. The second-order valence-electron chi connectivity index (χ2n) is 18.8. The molecule has 53 heavy (non-hydrogen) atoms. The largest absolute Gasteiger partial charge is 0.458 e. The summed E-state index contributed by atoms with van der Waals surface area (Å²) in [5.41, 5.74) is -0.272. The summed E-state index contributed by atoms with van der Waals surface area (Å²) in [6, 6.07) is 0. The van der Waals surface area contributed by atoms with Crippen molar-refractivity contribution in [2.75, 3.05) is 0 Å². The van der Waals surface area contributed by atoms with E-state index < -0.39 is 0 Å². The van der Waals surface area contributed by atoms with Gasteiger partial charge in [-0.1, -0.05) is 225 Å². The van der Waals surface area contributed by atoms with Gasteiger partial charge in [0.05, 0.1) is 0 Å². The summed E-state index contributed by atoms with van der Waals surface area (Å²) in [6.45, 7) is 4.93. The van der Waals surface area contributed by atoms with Gasteiger partial charge >= 0.3 is 5.97 Å². The van der Waals surface area contributed by atoms with Crippen molar-refractivity contribution in [2.45, 2.75) is 283 Å². The Morgan fingerprint density at radius 2 is 0.830 bits per heavy atom. The van der Waals surface area contributed by atoms with Crippen LogP contribution in [0, 0.1) is 23.7 Å². The van der Waals surface area contributed by atoms with Crippen molar-refractivity contribution in [1.82, 2.24) is 0 Å². The Kier molecular flexibility index (Phi) is 27.5. The van der Waals surface area contributed by atoms with Crippen LogP contribution in [0.3, 0.4) is 0 Å². The molecule has 310 valence electrons. The van der Waals surface area contributed by atoms with E-state index in [-0.39, 0.29) is 11.6 Å². The smallest absolute Gasteiger partial charge is 0.306 e. The summed E-state index contributed by atoms with van der Waals surface area (Å²) in [7, 11) is 0. The molecule has 3 aliphatic carbocycles. The molecule has 2 heteroatoms. The number of carbonyl (C=O) groups is 1. The van der Waals surface area contributed by atoms with E-state index in [1.54, 1.807) is 0 Å². The lowest BCUT2D eigenvalue weighted by molar-refractivity contribution is -0.198. The highest BCUT2D eigenvalue weighted by Gasteiger charge is 2.53. The molecule has 1 atom stereocenters. The zero-order valence-corrected chi connectivity index (χ0v) is 36.3. The van der Waals surface area contributed by atoms with E-state index in [4.69, 9.17) is 4.74 Å². The van der Waals surface area contributed by atoms with Crippen LogP contribution < -0.4 is 0 Å². The van der Waals surface area contributed by atoms with Gasteiger partial charge in [0.1, 0.15) is 5.60 Å². The standard InChI is InChI=1S/C51H94O2/c1-3-4-5-6-7-8-9-10-11-12-13-14-24-31-38-45-50(52)53-51(48-41-34-27-20-16-21-28-35-42-48,49-43-36-29-22-17-23-30-37-44-49)46(2)47-39-32-25-18-15-19-26-33-40-47/h10-11,46-49H,3-9,12-45H2,1-2H3/b11-10-. The molecule has 0 bridgehead atoms.